The molecule has 0 aliphatic rings. The molecule has 1 aromatic heterocycles. The second-order valence-electron chi connectivity index (χ2n) is 7.13. The van der Waals surface area contributed by atoms with Crippen LogP contribution in [0.5, 0.6) is 0 Å². The van der Waals surface area contributed by atoms with Crippen LogP contribution in [0.15, 0.2) is 42.5 Å². The maximum atomic E-state index is 6.08. The second-order valence-corrected chi connectivity index (χ2v) is 7.13. The van der Waals surface area contributed by atoms with Gasteiger partial charge in [-0.25, -0.2) is 4.98 Å². The minimum Gasteiger partial charge on any atom is -0.397 e. The summed E-state index contributed by atoms with van der Waals surface area (Å²) >= 11 is 0. The molecule has 0 radical (unpaired) electrons. The maximum Gasteiger partial charge on any atom is 0.112 e. The number of nitrogens with two attached hydrogens (primary N) is 1. The average Bonchev–Trinajstić information content (AvgIpc) is 2.86. The molecule has 0 aliphatic carbocycles. The number of nitrogen functional groups attached to an aromatic ring is 1. The van der Waals surface area contributed by atoms with Gasteiger partial charge in [0, 0.05) is 13.0 Å². The zero-order chi connectivity index (χ0) is 16.6. The average molecular weight is 307 g/mol. The number of nitrogens with zero attached hydrogens (tertiary/aromatic N) is 2. The first-order valence-corrected chi connectivity index (χ1v) is 8.23. The summed E-state index contributed by atoms with van der Waals surface area (Å²) < 4.78 is 2.28. The fourth-order valence-corrected chi connectivity index (χ4v) is 2.96. The zero-order valence-corrected chi connectivity index (χ0v) is 14.4. The predicted octanol–water partition coefficient (Wildman–Crippen LogP) is 4.53. The molecular formula is C20H25N3. The van der Waals surface area contributed by atoms with Gasteiger partial charge < -0.3 is 10.3 Å². The minimum atomic E-state index is 0.184. The Hall–Kier alpha value is -2.29. The molecule has 0 unspecified atom stereocenters. The Morgan fingerprint density at radius 1 is 1.04 bits per heavy atom. The van der Waals surface area contributed by atoms with E-state index in [-0.39, 0.29) is 5.41 Å². The van der Waals surface area contributed by atoms with Gasteiger partial charge in [0.15, 0.2) is 0 Å². The van der Waals surface area contributed by atoms with Crippen molar-refractivity contribution < 1.29 is 0 Å². The Labute approximate surface area is 138 Å². The third-order valence-corrected chi connectivity index (χ3v) is 4.37. The highest BCUT2D eigenvalue weighted by Gasteiger charge is 2.14. The maximum absolute atomic E-state index is 6.08. The van der Waals surface area contributed by atoms with Gasteiger partial charge >= 0.3 is 0 Å². The summed E-state index contributed by atoms with van der Waals surface area (Å²) in [7, 11) is 0. The van der Waals surface area contributed by atoms with Crippen LogP contribution in [0.25, 0.3) is 11.0 Å². The lowest BCUT2D eigenvalue weighted by molar-refractivity contribution is 0.589. The summed E-state index contributed by atoms with van der Waals surface area (Å²) in [5, 5.41) is 0. The molecule has 0 fully saturated rings. The fraction of sp³-hybridized carbons (Fsp3) is 0.350. The molecule has 0 bridgehead atoms. The first-order valence-electron chi connectivity index (χ1n) is 8.23. The van der Waals surface area contributed by atoms with Crippen molar-refractivity contribution >= 4 is 16.7 Å². The van der Waals surface area contributed by atoms with Crippen molar-refractivity contribution in [2.45, 2.75) is 46.1 Å². The third-order valence-electron chi connectivity index (χ3n) is 4.37. The second kappa shape index (κ2) is 5.73. The number of anilines is 1. The van der Waals surface area contributed by atoms with Crippen LogP contribution in [0.4, 0.5) is 5.69 Å². The van der Waals surface area contributed by atoms with Crippen molar-refractivity contribution in [3.8, 4) is 0 Å². The van der Waals surface area contributed by atoms with Crippen molar-refractivity contribution in [1.29, 1.82) is 0 Å². The van der Waals surface area contributed by atoms with Gasteiger partial charge in [-0.05, 0) is 28.7 Å². The molecule has 3 nitrogen and oxygen atoms in total. The molecule has 0 saturated carbocycles. The normalized spacial score (nSPS) is 12.0. The van der Waals surface area contributed by atoms with Gasteiger partial charge in [-0.15, -0.1) is 0 Å². The van der Waals surface area contributed by atoms with E-state index >= 15 is 0 Å². The molecule has 23 heavy (non-hydrogen) atoms. The highest BCUT2D eigenvalue weighted by atomic mass is 15.1. The van der Waals surface area contributed by atoms with Crippen LogP contribution in [0, 0.1) is 0 Å². The number of imidazole rings is 1. The molecule has 120 valence electrons. The van der Waals surface area contributed by atoms with Crippen LogP contribution < -0.4 is 5.73 Å². The summed E-state index contributed by atoms with van der Waals surface area (Å²) in [6, 6.07) is 14.9. The SMILES string of the molecule is CCc1nc2c(N)cccc2n1Cc1ccc(C(C)(C)C)cc1. The highest BCUT2D eigenvalue weighted by molar-refractivity contribution is 5.87. The zero-order valence-electron chi connectivity index (χ0n) is 14.4. The first kappa shape index (κ1) is 15.6. The molecule has 0 aliphatic heterocycles. The Bertz CT molecular complexity index is 820. The monoisotopic (exact) mass is 307 g/mol. The Morgan fingerprint density at radius 2 is 1.74 bits per heavy atom. The summed E-state index contributed by atoms with van der Waals surface area (Å²) in [6.07, 6.45) is 0.897. The molecule has 3 heteroatoms. The topological polar surface area (TPSA) is 43.8 Å². The first-order chi connectivity index (χ1) is 10.9. The van der Waals surface area contributed by atoms with Gasteiger partial charge in [0.1, 0.15) is 11.3 Å². The largest absolute Gasteiger partial charge is 0.397 e. The molecule has 2 aromatic carbocycles. The van der Waals surface area contributed by atoms with Crippen molar-refractivity contribution in [3.05, 3.63) is 59.4 Å². The van der Waals surface area contributed by atoms with Crippen LogP contribution in [-0.2, 0) is 18.4 Å². The van der Waals surface area contributed by atoms with Crippen molar-refractivity contribution in [2.24, 2.45) is 0 Å². The van der Waals surface area contributed by atoms with Crippen LogP contribution in [-0.4, -0.2) is 9.55 Å². The molecule has 0 spiro atoms. The Morgan fingerprint density at radius 3 is 2.35 bits per heavy atom. The van der Waals surface area contributed by atoms with Gasteiger partial charge in [0.05, 0.1) is 11.2 Å². The Kier molecular flexibility index (Phi) is 3.88. The molecule has 3 aromatic rings. The molecular weight excluding hydrogens is 282 g/mol. The minimum absolute atomic E-state index is 0.184. The van der Waals surface area contributed by atoms with E-state index in [1.54, 1.807) is 0 Å². The Balaban J connectivity index is 2.00. The summed E-state index contributed by atoms with van der Waals surface area (Å²) in [5.41, 5.74) is 11.7. The van der Waals surface area contributed by atoms with Crippen molar-refractivity contribution in [1.82, 2.24) is 9.55 Å². The standard InChI is InChI=1S/C20H25N3/c1-5-18-22-19-16(21)7-6-8-17(19)23(18)13-14-9-11-15(12-10-14)20(2,3)4/h6-12H,5,13,21H2,1-4H3. The summed E-state index contributed by atoms with van der Waals surface area (Å²) in [4.78, 5) is 4.72. The third kappa shape index (κ3) is 2.96. The highest BCUT2D eigenvalue weighted by Crippen LogP contribution is 2.25. The van der Waals surface area contributed by atoms with E-state index in [0.29, 0.717) is 0 Å². The number of para-hydroxylation sites is 1. The van der Waals surface area contributed by atoms with Gasteiger partial charge in [-0.2, -0.15) is 0 Å². The van der Waals surface area contributed by atoms with Gasteiger partial charge in [0.25, 0.3) is 0 Å². The number of benzene rings is 2. The van der Waals surface area contributed by atoms with E-state index in [1.165, 1.54) is 11.1 Å². The van der Waals surface area contributed by atoms with Crippen LogP contribution >= 0.6 is 0 Å². The summed E-state index contributed by atoms with van der Waals surface area (Å²) in [5.74, 6) is 1.08. The van der Waals surface area contributed by atoms with E-state index in [9.17, 15) is 0 Å². The van der Waals surface area contributed by atoms with Crippen molar-refractivity contribution in [3.63, 3.8) is 0 Å². The van der Waals surface area contributed by atoms with Gasteiger partial charge in [0.2, 0.25) is 0 Å². The van der Waals surface area contributed by atoms with Crippen LogP contribution in [0.1, 0.15) is 44.6 Å². The van der Waals surface area contributed by atoms with E-state index in [4.69, 9.17) is 10.7 Å². The van der Waals surface area contributed by atoms with E-state index < -0.39 is 0 Å². The fourth-order valence-electron chi connectivity index (χ4n) is 2.96. The molecule has 2 N–H and O–H groups in total. The van der Waals surface area contributed by atoms with E-state index in [0.717, 1.165) is 35.5 Å². The molecule has 3 rings (SSSR count). The molecule has 0 saturated heterocycles. The van der Waals surface area contributed by atoms with Gasteiger partial charge in [-0.1, -0.05) is 58.0 Å². The lowest BCUT2D eigenvalue weighted by Crippen LogP contribution is -2.11. The number of aromatic nitrogens is 2. The van der Waals surface area contributed by atoms with Crippen LogP contribution in [0.2, 0.25) is 0 Å². The lowest BCUT2D eigenvalue weighted by atomic mass is 9.87. The summed E-state index contributed by atoms with van der Waals surface area (Å²) in [6.45, 7) is 9.68. The predicted molar refractivity (Wildman–Crippen MR) is 97.8 cm³/mol. The smallest absolute Gasteiger partial charge is 0.112 e. The van der Waals surface area contributed by atoms with Gasteiger partial charge in [-0.3, -0.25) is 0 Å². The number of aryl methyl sites for hydroxylation is 1. The van der Waals surface area contributed by atoms with E-state index in [2.05, 4.69) is 62.6 Å². The lowest BCUT2D eigenvalue weighted by Gasteiger charge is -2.19. The molecule has 0 amide bonds. The molecule has 1 heterocycles. The number of rotatable bonds is 3. The number of fused-ring (bicyclic) bond motifs is 1. The van der Waals surface area contributed by atoms with Crippen LogP contribution in [0.3, 0.4) is 0 Å². The number of hydrogen-bond acceptors (Lipinski definition) is 2. The van der Waals surface area contributed by atoms with Crippen molar-refractivity contribution in [2.75, 3.05) is 5.73 Å². The molecule has 0 atom stereocenters. The quantitative estimate of drug-likeness (QED) is 0.723. The number of hydrogen-bond donors (Lipinski definition) is 1. The van der Waals surface area contributed by atoms with E-state index in [1.807, 2.05) is 12.1 Å².